The summed E-state index contributed by atoms with van der Waals surface area (Å²) in [6.45, 7) is 0.421. The van der Waals surface area contributed by atoms with Gasteiger partial charge in [0.1, 0.15) is 24.2 Å². The summed E-state index contributed by atoms with van der Waals surface area (Å²) < 4.78 is 34.8. The number of carbonyl (C=O) groups excluding carboxylic acids is 7. The van der Waals surface area contributed by atoms with Crippen LogP contribution in [0.5, 0.6) is 0 Å². The number of halogens is 3. The summed E-state index contributed by atoms with van der Waals surface area (Å²) in [5.74, 6) is -5.00. The Morgan fingerprint density at radius 2 is 1.45 bits per heavy atom. The van der Waals surface area contributed by atoms with Gasteiger partial charge in [0.05, 0.1) is 17.1 Å². The topological polar surface area (TPSA) is 278 Å². The number of nitrogens with two attached hydrogens (primary N) is 2. The van der Waals surface area contributed by atoms with Crippen LogP contribution in [0.25, 0.3) is 11.0 Å². The molecular weight excluding hydrogens is 968 g/mol. The first-order chi connectivity index (χ1) is 35.2. The molecule has 4 aliphatic rings. The number of aryl methyl sites for hydroxylation is 1. The molecule has 0 bridgehead atoms. The van der Waals surface area contributed by atoms with Crippen molar-refractivity contribution in [2.45, 2.75) is 132 Å². The van der Waals surface area contributed by atoms with Gasteiger partial charge in [0.25, 0.3) is 0 Å². The van der Waals surface area contributed by atoms with Gasteiger partial charge in [0, 0.05) is 45.4 Å². The number of aromatic nitrogens is 2. The van der Waals surface area contributed by atoms with Crippen molar-refractivity contribution in [3.63, 3.8) is 0 Å². The minimum absolute atomic E-state index is 0.0300. The minimum Gasteiger partial charge on any atom is -0.475 e. The summed E-state index contributed by atoms with van der Waals surface area (Å²) in [4.78, 5) is 117. The lowest BCUT2D eigenvalue weighted by atomic mass is 9.77. The molecule has 0 spiro atoms. The number of alkyl halides is 3. The van der Waals surface area contributed by atoms with Gasteiger partial charge in [0.15, 0.2) is 0 Å². The molecule has 4 heterocycles. The van der Waals surface area contributed by atoms with E-state index in [0.717, 1.165) is 47.9 Å². The van der Waals surface area contributed by atoms with E-state index in [1.807, 2.05) is 78.9 Å². The maximum Gasteiger partial charge on any atom is 0.490 e. The number of carbonyl (C=O) groups is 8. The summed E-state index contributed by atoms with van der Waals surface area (Å²) >= 11 is 0. The van der Waals surface area contributed by atoms with E-state index in [1.54, 1.807) is 21.4 Å². The smallest absolute Gasteiger partial charge is 0.475 e. The molecule has 8 rings (SSSR count). The van der Waals surface area contributed by atoms with E-state index in [1.165, 1.54) is 4.57 Å². The Bertz CT molecular complexity index is 2760. The third-order valence-corrected chi connectivity index (χ3v) is 14.7. The number of aliphatic carboxylic acids is 1. The lowest BCUT2D eigenvalue weighted by molar-refractivity contribution is -0.192. The van der Waals surface area contributed by atoms with Gasteiger partial charge in [0.2, 0.25) is 41.4 Å². The number of nitrogens with one attached hydrogen (secondary N) is 3. The SMILES string of the molecule is Cn1c(=O)n(C2CCC(=O)NC2=O)c2ccc(C3CCC(CCC(=O)N4CC[C@H]5CC[C@@H](C(=O)N[C@@H](CCC(N)=O)C(=O)NC(c6ccccc6)c6ccccc6)N5C(=O)[C@@H](N)C4)CC3)cc21.O=C(O)C(F)(F)F. The molecule has 1 aromatic heterocycles. The number of nitrogens with zero attached hydrogens (tertiary/aromatic N) is 4. The Morgan fingerprint density at radius 1 is 0.811 bits per heavy atom. The van der Waals surface area contributed by atoms with E-state index in [4.69, 9.17) is 21.4 Å². The average Bonchev–Trinajstić information content (AvgIpc) is 3.91. The van der Waals surface area contributed by atoms with Crippen LogP contribution in [-0.2, 0) is 45.4 Å². The highest BCUT2D eigenvalue weighted by Crippen LogP contribution is 2.39. The zero-order valence-electron chi connectivity index (χ0n) is 40.9. The molecule has 22 heteroatoms. The largest absolute Gasteiger partial charge is 0.490 e. The molecule has 4 aromatic rings. The quantitative estimate of drug-likeness (QED) is 0.0994. The second-order valence-electron chi connectivity index (χ2n) is 19.5. The van der Waals surface area contributed by atoms with Crippen LogP contribution in [-0.4, -0.2) is 115 Å². The standard InChI is InChI=1S/C50H61N9O8.C2HF3O2/c1-56-41-28-34(17-20-38(41)59(50(56)67)40-22-24-43(61)54-48(40)65)31-15-12-30(13-16-31)14-25-44(62)57-27-26-35-18-21-39(58(35)49(66)36(51)29-57)47(64)53-37(19-23-42(52)60)46(63)55-45(32-8-4-2-5-9-32)33-10-6-3-7-11-33;3-2(4,5)1(6)7/h2-11,17,20,28,30-31,35-37,39-40,45H,12-16,18-19,21-27,29,51H2,1H3,(H2,52,60)(H,53,64)(H,55,63)(H,54,61,65);(H,6,7)/t30?,31?,35-,36+,37+,39+,40?;/m1./s1. The predicted molar refractivity (Wildman–Crippen MR) is 262 cm³/mol. The number of benzene rings is 3. The Morgan fingerprint density at radius 3 is 2.04 bits per heavy atom. The fourth-order valence-electron chi connectivity index (χ4n) is 10.7. The molecule has 1 unspecified atom stereocenters. The van der Waals surface area contributed by atoms with E-state index >= 15 is 0 Å². The number of rotatable bonds is 14. The van der Waals surface area contributed by atoms with Gasteiger partial charge in [-0.3, -0.25) is 48.0 Å². The van der Waals surface area contributed by atoms with Gasteiger partial charge in [-0.15, -0.1) is 0 Å². The highest BCUT2D eigenvalue weighted by molar-refractivity contribution is 6.00. The van der Waals surface area contributed by atoms with Gasteiger partial charge in [-0.1, -0.05) is 66.7 Å². The number of imidazole rings is 1. The van der Waals surface area contributed by atoms with Crippen LogP contribution in [0.2, 0.25) is 0 Å². The van der Waals surface area contributed by atoms with Crippen molar-refractivity contribution in [3.8, 4) is 0 Å². The van der Waals surface area contributed by atoms with Gasteiger partial charge in [-0.25, -0.2) is 9.59 Å². The number of carboxylic acids is 1. The van der Waals surface area contributed by atoms with Gasteiger partial charge < -0.3 is 37.0 Å². The van der Waals surface area contributed by atoms with Crippen molar-refractivity contribution in [2.24, 2.45) is 24.4 Å². The molecule has 7 amide bonds. The molecule has 3 aliphatic heterocycles. The number of amides is 7. The van der Waals surface area contributed by atoms with Gasteiger partial charge in [-0.05, 0) is 105 Å². The van der Waals surface area contributed by atoms with E-state index < -0.39 is 71.9 Å². The van der Waals surface area contributed by atoms with Crippen molar-refractivity contribution < 1.29 is 56.6 Å². The minimum atomic E-state index is -5.08. The van der Waals surface area contributed by atoms with E-state index in [9.17, 15) is 51.5 Å². The Kier molecular flexibility index (Phi) is 17.4. The number of hydrogen-bond acceptors (Lipinski definition) is 10. The van der Waals surface area contributed by atoms with Crippen LogP contribution in [0, 0.1) is 5.92 Å². The molecule has 74 heavy (non-hydrogen) atoms. The highest BCUT2D eigenvalue weighted by Gasteiger charge is 2.45. The zero-order chi connectivity index (χ0) is 53.4. The molecule has 8 N–H and O–H groups in total. The molecule has 3 aromatic carbocycles. The molecular formula is C52H62F3N9O10. The maximum atomic E-state index is 14.1. The zero-order valence-corrected chi connectivity index (χ0v) is 40.9. The van der Waals surface area contributed by atoms with Crippen LogP contribution < -0.4 is 33.1 Å². The van der Waals surface area contributed by atoms with Gasteiger partial charge >= 0.3 is 17.8 Å². The number of primary amides is 1. The highest BCUT2D eigenvalue weighted by atomic mass is 19.4. The van der Waals surface area contributed by atoms with E-state index in [0.29, 0.717) is 50.1 Å². The van der Waals surface area contributed by atoms with Crippen LogP contribution in [0.15, 0.2) is 83.7 Å². The third-order valence-electron chi connectivity index (χ3n) is 14.7. The number of carboxylic acid groups (broad SMARTS) is 1. The normalized spacial score (nSPS) is 22.6. The lowest BCUT2D eigenvalue weighted by Crippen LogP contribution is -2.60. The lowest BCUT2D eigenvalue weighted by Gasteiger charge is -2.38. The second kappa shape index (κ2) is 23.7. The summed E-state index contributed by atoms with van der Waals surface area (Å²) in [5, 5.41) is 15.4. The maximum absolute atomic E-state index is 14.1. The monoisotopic (exact) mass is 1030 g/mol. The first-order valence-electron chi connectivity index (χ1n) is 24.9. The van der Waals surface area contributed by atoms with Crippen LogP contribution in [0.1, 0.15) is 118 Å². The summed E-state index contributed by atoms with van der Waals surface area (Å²) in [6, 6.07) is 20.2. The van der Waals surface area contributed by atoms with Crippen molar-refractivity contribution in [2.75, 3.05) is 13.1 Å². The summed E-state index contributed by atoms with van der Waals surface area (Å²) in [7, 11) is 1.70. The Balaban J connectivity index is 0.00000107. The van der Waals surface area contributed by atoms with Crippen molar-refractivity contribution in [3.05, 3.63) is 106 Å². The average molecular weight is 1030 g/mol. The van der Waals surface area contributed by atoms with E-state index in [-0.39, 0.29) is 61.7 Å². The summed E-state index contributed by atoms with van der Waals surface area (Å²) in [6.07, 6.45) is 1.36. The summed E-state index contributed by atoms with van der Waals surface area (Å²) in [5.41, 5.74) is 15.9. The number of imide groups is 1. The molecule has 5 atom stereocenters. The van der Waals surface area contributed by atoms with Crippen LogP contribution in [0.4, 0.5) is 13.2 Å². The molecule has 4 fully saturated rings. The fourth-order valence-corrected chi connectivity index (χ4v) is 10.7. The Labute approximate surface area is 424 Å². The van der Waals surface area contributed by atoms with E-state index in [2.05, 4.69) is 16.0 Å². The van der Waals surface area contributed by atoms with Crippen molar-refractivity contribution in [1.29, 1.82) is 0 Å². The van der Waals surface area contributed by atoms with Crippen molar-refractivity contribution in [1.82, 2.24) is 34.9 Å². The number of hydrogen-bond donors (Lipinski definition) is 6. The van der Waals surface area contributed by atoms with Gasteiger partial charge in [-0.2, -0.15) is 13.2 Å². The fraction of sp³-hybridized carbons (Fsp3) is 0.481. The molecule has 396 valence electrons. The third kappa shape index (κ3) is 12.9. The molecule has 0 radical (unpaired) electrons. The number of fused-ring (bicyclic) bond motifs is 2. The number of piperidine rings is 1. The first-order valence-corrected chi connectivity index (χ1v) is 24.9. The van der Waals surface area contributed by atoms with Crippen LogP contribution >= 0.6 is 0 Å². The van der Waals surface area contributed by atoms with Crippen LogP contribution in [0.3, 0.4) is 0 Å². The Hall–Kier alpha value is -7.36. The first kappa shape index (κ1) is 54.4. The molecule has 3 saturated heterocycles. The molecule has 1 saturated carbocycles. The van der Waals surface area contributed by atoms with Crippen molar-refractivity contribution >= 4 is 58.4 Å². The predicted octanol–water partition coefficient (Wildman–Crippen LogP) is 3.58. The molecule has 1 aliphatic carbocycles. The second-order valence-corrected chi connectivity index (χ2v) is 19.5. The molecule has 19 nitrogen and oxygen atoms in total.